The van der Waals surface area contributed by atoms with Crippen molar-refractivity contribution in [2.45, 2.75) is 25.9 Å². The molecule has 1 N–H and O–H groups in total. The van der Waals surface area contributed by atoms with Gasteiger partial charge >= 0.3 is 6.09 Å². The van der Waals surface area contributed by atoms with Crippen molar-refractivity contribution in [2.24, 2.45) is 0 Å². The Morgan fingerprint density at radius 1 is 1.10 bits per heavy atom. The lowest BCUT2D eigenvalue weighted by Gasteiger charge is -2.34. The first-order valence-corrected chi connectivity index (χ1v) is 7.72. The van der Waals surface area contributed by atoms with Crippen molar-refractivity contribution in [2.75, 3.05) is 52.5 Å². The van der Waals surface area contributed by atoms with Gasteiger partial charge in [0.05, 0.1) is 12.7 Å². The van der Waals surface area contributed by atoms with Crippen molar-refractivity contribution in [3.05, 3.63) is 0 Å². The molecule has 120 valence electrons. The molecule has 0 saturated carbocycles. The molecular weight excluding hydrogens is 274 g/mol. The van der Waals surface area contributed by atoms with Gasteiger partial charge in [-0.2, -0.15) is 0 Å². The van der Waals surface area contributed by atoms with E-state index in [4.69, 9.17) is 9.47 Å². The fraction of sp³-hybridized carbons (Fsp3) is 0.857. The topological polar surface area (TPSA) is 71.1 Å². The number of hydrogen-bond acceptors (Lipinski definition) is 5. The highest BCUT2D eigenvalue weighted by molar-refractivity contribution is 5.78. The van der Waals surface area contributed by atoms with Crippen LogP contribution in [0.4, 0.5) is 4.79 Å². The van der Waals surface area contributed by atoms with Gasteiger partial charge in [0, 0.05) is 26.2 Å². The number of hydrogen-bond donors (Lipinski definition) is 1. The lowest BCUT2D eigenvalue weighted by molar-refractivity contribution is -0.140. The van der Waals surface area contributed by atoms with Gasteiger partial charge in [0.2, 0.25) is 5.91 Å². The van der Waals surface area contributed by atoms with Crippen LogP contribution in [-0.4, -0.2) is 80.4 Å². The fourth-order valence-electron chi connectivity index (χ4n) is 2.60. The Balaban J connectivity index is 1.66. The van der Waals surface area contributed by atoms with Crippen molar-refractivity contribution >= 4 is 12.0 Å². The van der Waals surface area contributed by atoms with E-state index in [1.165, 1.54) is 0 Å². The summed E-state index contributed by atoms with van der Waals surface area (Å²) >= 11 is 0. The molecule has 0 aliphatic carbocycles. The molecule has 0 bridgehead atoms. The molecule has 2 amide bonds. The van der Waals surface area contributed by atoms with Crippen LogP contribution in [0.1, 0.15) is 19.8 Å². The second-order valence-corrected chi connectivity index (χ2v) is 5.33. The standard InChI is InChI=1S/C14H25N3O4/c1-2-20-14(19)17-9-7-16(8-10-17)13(18)11-21-12-3-5-15-6-4-12/h12,15H,2-11H2,1H3. The molecule has 0 aromatic heterocycles. The van der Waals surface area contributed by atoms with E-state index in [2.05, 4.69) is 5.32 Å². The lowest BCUT2D eigenvalue weighted by Crippen LogP contribution is -2.51. The number of piperidine rings is 1. The number of ether oxygens (including phenoxy) is 2. The number of rotatable bonds is 4. The Morgan fingerprint density at radius 2 is 1.71 bits per heavy atom. The van der Waals surface area contributed by atoms with Crippen molar-refractivity contribution in [3.63, 3.8) is 0 Å². The molecule has 2 saturated heterocycles. The maximum absolute atomic E-state index is 12.1. The first kappa shape index (κ1) is 16.0. The molecule has 0 aromatic rings. The molecule has 7 heteroatoms. The summed E-state index contributed by atoms with van der Waals surface area (Å²) in [6.45, 7) is 6.37. The largest absolute Gasteiger partial charge is 0.450 e. The zero-order chi connectivity index (χ0) is 15.1. The van der Waals surface area contributed by atoms with Crippen LogP contribution in [0, 0.1) is 0 Å². The monoisotopic (exact) mass is 299 g/mol. The van der Waals surface area contributed by atoms with E-state index >= 15 is 0 Å². The smallest absolute Gasteiger partial charge is 0.409 e. The molecule has 2 fully saturated rings. The Kier molecular flexibility index (Phi) is 6.25. The normalized spacial score (nSPS) is 20.4. The highest BCUT2D eigenvalue weighted by Gasteiger charge is 2.25. The molecule has 0 spiro atoms. The van der Waals surface area contributed by atoms with Crippen LogP contribution >= 0.6 is 0 Å². The van der Waals surface area contributed by atoms with Crippen LogP contribution in [0.15, 0.2) is 0 Å². The summed E-state index contributed by atoms with van der Waals surface area (Å²) in [5.74, 6) is 0.0111. The SMILES string of the molecule is CCOC(=O)N1CCN(C(=O)COC2CCNCC2)CC1. The second kappa shape index (κ2) is 8.19. The summed E-state index contributed by atoms with van der Waals surface area (Å²) in [6.07, 6.45) is 1.82. The van der Waals surface area contributed by atoms with E-state index in [0.29, 0.717) is 32.8 Å². The van der Waals surface area contributed by atoms with Gasteiger partial charge in [-0.1, -0.05) is 0 Å². The molecule has 0 aromatic carbocycles. The summed E-state index contributed by atoms with van der Waals surface area (Å²) < 4.78 is 10.6. The van der Waals surface area contributed by atoms with Crippen LogP contribution < -0.4 is 5.32 Å². The number of nitrogens with zero attached hydrogens (tertiary/aromatic N) is 2. The average molecular weight is 299 g/mol. The Bertz CT molecular complexity index is 350. The predicted octanol–water partition coefficient (Wildman–Crippen LogP) is 0.0557. The van der Waals surface area contributed by atoms with E-state index in [0.717, 1.165) is 25.9 Å². The zero-order valence-electron chi connectivity index (χ0n) is 12.7. The lowest BCUT2D eigenvalue weighted by atomic mass is 10.1. The van der Waals surface area contributed by atoms with Gasteiger partial charge in [-0.3, -0.25) is 4.79 Å². The third-order valence-corrected chi connectivity index (χ3v) is 3.89. The zero-order valence-corrected chi connectivity index (χ0v) is 12.7. The Labute approximate surface area is 125 Å². The molecule has 0 atom stereocenters. The molecule has 21 heavy (non-hydrogen) atoms. The molecule has 2 rings (SSSR count). The van der Waals surface area contributed by atoms with Crippen LogP contribution in [0.3, 0.4) is 0 Å². The van der Waals surface area contributed by atoms with E-state index < -0.39 is 0 Å². The Hall–Kier alpha value is -1.34. The summed E-state index contributed by atoms with van der Waals surface area (Å²) in [5.41, 5.74) is 0. The first-order valence-electron chi connectivity index (χ1n) is 7.72. The number of nitrogens with one attached hydrogen (secondary N) is 1. The molecular formula is C14H25N3O4. The van der Waals surface area contributed by atoms with Gasteiger partial charge in [0.1, 0.15) is 6.61 Å². The predicted molar refractivity (Wildman–Crippen MR) is 77.0 cm³/mol. The summed E-state index contributed by atoms with van der Waals surface area (Å²) in [6, 6.07) is 0. The minimum absolute atomic E-state index is 0.0111. The molecule has 2 heterocycles. The third-order valence-electron chi connectivity index (χ3n) is 3.89. The van der Waals surface area contributed by atoms with Crippen LogP contribution in [0.5, 0.6) is 0 Å². The molecule has 0 radical (unpaired) electrons. The van der Waals surface area contributed by atoms with Gasteiger partial charge in [0.25, 0.3) is 0 Å². The highest BCUT2D eigenvalue weighted by Crippen LogP contribution is 2.09. The van der Waals surface area contributed by atoms with Gasteiger partial charge in [0.15, 0.2) is 0 Å². The van der Waals surface area contributed by atoms with Gasteiger partial charge < -0.3 is 24.6 Å². The number of amides is 2. The number of piperazine rings is 1. The number of carbonyl (C=O) groups is 2. The van der Waals surface area contributed by atoms with Crippen molar-refractivity contribution in [1.82, 2.24) is 15.1 Å². The third kappa shape index (κ3) is 4.86. The second-order valence-electron chi connectivity index (χ2n) is 5.33. The summed E-state index contributed by atoms with van der Waals surface area (Å²) in [4.78, 5) is 27.1. The maximum atomic E-state index is 12.1. The quantitative estimate of drug-likeness (QED) is 0.794. The van der Waals surface area contributed by atoms with Crippen LogP contribution in [0.2, 0.25) is 0 Å². The molecule has 7 nitrogen and oxygen atoms in total. The highest BCUT2D eigenvalue weighted by atomic mass is 16.6. The van der Waals surface area contributed by atoms with Gasteiger partial charge in [-0.15, -0.1) is 0 Å². The van der Waals surface area contributed by atoms with Crippen LogP contribution in [0.25, 0.3) is 0 Å². The minimum Gasteiger partial charge on any atom is -0.450 e. The van der Waals surface area contributed by atoms with E-state index in [1.807, 2.05) is 0 Å². The molecule has 2 aliphatic heterocycles. The first-order chi connectivity index (χ1) is 10.2. The minimum atomic E-state index is -0.296. The van der Waals surface area contributed by atoms with Gasteiger partial charge in [-0.05, 0) is 32.9 Å². The maximum Gasteiger partial charge on any atom is 0.409 e. The van der Waals surface area contributed by atoms with Gasteiger partial charge in [-0.25, -0.2) is 4.79 Å². The summed E-state index contributed by atoms with van der Waals surface area (Å²) in [7, 11) is 0. The van der Waals surface area contributed by atoms with Crippen molar-refractivity contribution in [1.29, 1.82) is 0 Å². The average Bonchev–Trinajstić information content (AvgIpc) is 2.54. The van der Waals surface area contributed by atoms with E-state index in [-0.39, 0.29) is 24.7 Å². The molecule has 2 aliphatic rings. The van der Waals surface area contributed by atoms with E-state index in [1.54, 1.807) is 16.7 Å². The number of carbonyl (C=O) groups excluding carboxylic acids is 2. The van der Waals surface area contributed by atoms with Crippen LogP contribution in [-0.2, 0) is 14.3 Å². The molecule has 0 unspecified atom stereocenters. The van der Waals surface area contributed by atoms with Crippen molar-refractivity contribution < 1.29 is 19.1 Å². The summed E-state index contributed by atoms with van der Waals surface area (Å²) in [5, 5.41) is 3.27. The Morgan fingerprint density at radius 3 is 2.33 bits per heavy atom. The van der Waals surface area contributed by atoms with E-state index in [9.17, 15) is 9.59 Å². The van der Waals surface area contributed by atoms with Crippen molar-refractivity contribution in [3.8, 4) is 0 Å². The fourth-order valence-corrected chi connectivity index (χ4v) is 2.60.